The van der Waals surface area contributed by atoms with Crippen LogP contribution in [-0.2, 0) is 23.8 Å². The first kappa shape index (κ1) is 62.6. The van der Waals surface area contributed by atoms with Crippen LogP contribution in [0.15, 0.2) is 109 Å². The Labute approximate surface area is 408 Å². The van der Waals surface area contributed by atoms with Crippen molar-refractivity contribution in [1.82, 2.24) is 0 Å². The summed E-state index contributed by atoms with van der Waals surface area (Å²) in [6.45, 7) is 7.50. The first-order chi connectivity index (χ1) is 32.6. The molecule has 0 N–H and O–H groups in total. The van der Waals surface area contributed by atoms with Gasteiger partial charge < -0.3 is 14.2 Å². The van der Waals surface area contributed by atoms with Gasteiger partial charge in [0, 0.05) is 19.4 Å². The van der Waals surface area contributed by atoms with Crippen LogP contribution in [0.5, 0.6) is 0 Å². The van der Waals surface area contributed by atoms with Crippen molar-refractivity contribution in [2.24, 2.45) is 0 Å². The van der Waals surface area contributed by atoms with Gasteiger partial charge in [0.05, 0.1) is 6.61 Å². The van der Waals surface area contributed by atoms with Crippen molar-refractivity contribution < 1.29 is 23.8 Å². The summed E-state index contributed by atoms with van der Waals surface area (Å²) in [5.74, 6) is -0.450. The molecule has 0 rings (SSSR count). The Kier molecular flexibility index (Phi) is 53.0. The number of rotatable bonds is 49. The molecule has 0 aliphatic rings. The molecule has 0 aromatic carbocycles. The fourth-order valence-corrected chi connectivity index (χ4v) is 7.25. The molecule has 1 unspecified atom stereocenters. The minimum Gasteiger partial charge on any atom is -0.462 e. The molecule has 0 radical (unpaired) electrons. The van der Waals surface area contributed by atoms with Crippen molar-refractivity contribution in [3.63, 3.8) is 0 Å². The molecule has 0 bridgehead atoms. The van der Waals surface area contributed by atoms with E-state index in [0.29, 0.717) is 19.4 Å². The van der Waals surface area contributed by atoms with Gasteiger partial charge in [-0.15, -0.1) is 0 Å². The van der Waals surface area contributed by atoms with Crippen molar-refractivity contribution in [2.45, 2.75) is 245 Å². The quantitative estimate of drug-likeness (QED) is 0.0346. The van der Waals surface area contributed by atoms with Gasteiger partial charge >= 0.3 is 11.9 Å². The van der Waals surface area contributed by atoms with Gasteiger partial charge in [-0.2, -0.15) is 0 Å². The minimum atomic E-state index is -0.572. The number of ether oxygens (including phenoxy) is 3. The van der Waals surface area contributed by atoms with Gasteiger partial charge in [0.1, 0.15) is 6.61 Å². The summed E-state index contributed by atoms with van der Waals surface area (Å²) >= 11 is 0. The van der Waals surface area contributed by atoms with Gasteiger partial charge in [0.25, 0.3) is 0 Å². The Balaban J connectivity index is 4.40. The van der Waals surface area contributed by atoms with Crippen molar-refractivity contribution >= 4 is 11.9 Å². The van der Waals surface area contributed by atoms with E-state index < -0.39 is 6.10 Å². The summed E-state index contributed by atoms with van der Waals surface area (Å²) < 4.78 is 17.4. The Morgan fingerprint density at radius 2 is 0.682 bits per heavy atom. The van der Waals surface area contributed by atoms with E-state index in [1.165, 1.54) is 77.0 Å². The lowest BCUT2D eigenvalue weighted by molar-refractivity contribution is -0.163. The lowest BCUT2D eigenvalue weighted by Gasteiger charge is -2.18. The highest BCUT2D eigenvalue weighted by Gasteiger charge is 2.17. The largest absolute Gasteiger partial charge is 0.462 e. The molecular weight excluding hydrogens is 813 g/mol. The second-order valence-electron chi connectivity index (χ2n) is 17.7. The van der Waals surface area contributed by atoms with Gasteiger partial charge in [0.15, 0.2) is 6.10 Å². The first-order valence-electron chi connectivity index (χ1n) is 27.4. The summed E-state index contributed by atoms with van der Waals surface area (Å²) in [5, 5.41) is 0. The third-order valence-electron chi connectivity index (χ3n) is 11.3. The molecule has 5 nitrogen and oxygen atoms in total. The summed E-state index contributed by atoms with van der Waals surface area (Å²) in [6.07, 6.45) is 76.7. The van der Waals surface area contributed by atoms with E-state index in [-0.39, 0.29) is 25.2 Å². The molecule has 5 heteroatoms. The van der Waals surface area contributed by atoms with Gasteiger partial charge in [0.2, 0.25) is 0 Å². The van der Waals surface area contributed by atoms with Crippen LogP contribution in [0.4, 0.5) is 0 Å². The van der Waals surface area contributed by atoms with E-state index in [0.717, 1.165) is 128 Å². The van der Waals surface area contributed by atoms with Crippen LogP contribution in [-0.4, -0.2) is 37.9 Å². The number of hydrogen-bond donors (Lipinski definition) is 0. The zero-order chi connectivity index (χ0) is 47.7. The molecule has 0 saturated carbocycles. The maximum atomic E-state index is 12.8. The molecule has 0 heterocycles. The Hall–Kier alpha value is -3.44. The number of carbonyl (C=O) groups excluding carboxylic acids is 2. The molecule has 66 heavy (non-hydrogen) atoms. The molecule has 0 aromatic rings. The van der Waals surface area contributed by atoms with E-state index in [1.54, 1.807) is 0 Å². The zero-order valence-electron chi connectivity index (χ0n) is 43.2. The van der Waals surface area contributed by atoms with Gasteiger partial charge in [-0.25, -0.2) is 0 Å². The smallest absolute Gasteiger partial charge is 0.306 e. The molecule has 0 fully saturated rings. The van der Waals surface area contributed by atoms with Crippen LogP contribution >= 0.6 is 0 Å². The Morgan fingerprint density at radius 3 is 1.11 bits per heavy atom. The highest BCUT2D eigenvalue weighted by Crippen LogP contribution is 2.13. The average molecular weight is 915 g/mol. The lowest BCUT2D eigenvalue weighted by atomic mass is 10.1. The third-order valence-corrected chi connectivity index (χ3v) is 11.3. The number of carbonyl (C=O) groups is 2. The summed E-state index contributed by atoms with van der Waals surface area (Å²) in [6, 6.07) is 0. The predicted molar refractivity (Wildman–Crippen MR) is 288 cm³/mol. The summed E-state index contributed by atoms with van der Waals surface area (Å²) in [4.78, 5) is 25.5. The summed E-state index contributed by atoms with van der Waals surface area (Å²) in [7, 11) is 0. The Morgan fingerprint density at radius 1 is 0.348 bits per heavy atom. The molecule has 1 atom stereocenters. The normalized spacial score (nSPS) is 13.1. The van der Waals surface area contributed by atoms with E-state index >= 15 is 0 Å². The van der Waals surface area contributed by atoms with Crippen LogP contribution in [0.3, 0.4) is 0 Å². The van der Waals surface area contributed by atoms with Gasteiger partial charge in [-0.05, 0) is 122 Å². The molecule has 0 amide bonds. The molecule has 376 valence electrons. The van der Waals surface area contributed by atoms with Crippen LogP contribution in [0.2, 0.25) is 0 Å². The van der Waals surface area contributed by atoms with Crippen molar-refractivity contribution in [3.05, 3.63) is 109 Å². The number of unbranched alkanes of at least 4 members (excludes halogenated alkanes) is 20. The second kappa shape index (κ2) is 55.9. The number of hydrogen-bond acceptors (Lipinski definition) is 5. The third kappa shape index (κ3) is 53.2. The van der Waals surface area contributed by atoms with Gasteiger partial charge in [-0.3, -0.25) is 9.59 Å². The van der Waals surface area contributed by atoms with E-state index in [4.69, 9.17) is 14.2 Å². The fraction of sp³-hybridized carbons (Fsp3) is 0.672. The lowest BCUT2D eigenvalue weighted by Crippen LogP contribution is -2.30. The second-order valence-corrected chi connectivity index (χ2v) is 17.7. The average Bonchev–Trinajstić information content (AvgIpc) is 3.32. The highest BCUT2D eigenvalue weighted by molar-refractivity contribution is 5.70. The standard InChI is InChI=1S/C61H102O5/c1-4-7-10-13-16-19-22-25-28-31-33-36-39-42-45-48-51-54-60(62)65-58-59(57-64-56-53-50-47-44-41-38-35-30-27-24-21-18-15-12-9-6-3)66-61(63)55-52-49-46-43-40-37-34-32-29-26-23-20-17-14-11-8-5-2/h7,9-10,12,16,18-19,21,25-30,33,36,38,41,59H,4-6,8,11,13-15,17,20,22-24,31-32,34-35,37,39-40,42-58H2,1-3H3/b10-7-,12-9-,19-16-,21-18-,28-25-,29-26-,30-27-,36-33-,41-38-. The van der Waals surface area contributed by atoms with E-state index in [1.807, 2.05) is 0 Å². The molecule has 0 saturated heterocycles. The molecule has 0 aliphatic carbocycles. The first-order valence-corrected chi connectivity index (χ1v) is 27.4. The van der Waals surface area contributed by atoms with E-state index in [9.17, 15) is 9.59 Å². The van der Waals surface area contributed by atoms with Crippen molar-refractivity contribution in [2.75, 3.05) is 19.8 Å². The number of esters is 2. The number of allylic oxidation sites excluding steroid dienone is 18. The van der Waals surface area contributed by atoms with Crippen LogP contribution < -0.4 is 0 Å². The molecular formula is C61H102O5. The molecule has 0 spiro atoms. The van der Waals surface area contributed by atoms with Crippen molar-refractivity contribution in [1.29, 1.82) is 0 Å². The van der Waals surface area contributed by atoms with Crippen LogP contribution in [0, 0.1) is 0 Å². The highest BCUT2D eigenvalue weighted by atomic mass is 16.6. The van der Waals surface area contributed by atoms with Crippen LogP contribution in [0.25, 0.3) is 0 Å². The minimum absolute atomic E-state index is 0.0521. The van der Waals surface area contributed by atoms with E-state index in [2.05, 4.69) is 130 Å². The predicted octanol–water partition coefficient (Wildman–Crippen LogP) is 18.8. The Bertz CT molecular complexity index is 1310. The van der Waals surface area contributed by atoms with Crippen LogP contribution in [0.1, 0.15) is 239 Å². The molecule has 0 aromatic heterocycles. The van der Waals surface area contributed by atoms with Gasteiger partial charge in [-0.1, -0.05) is 214 Å². The SMILES string of the molecule is CC/C=C\C/C=C\C/C=C\C/C=C\CCCCCCC(=O)OCC(COCCCCC/C=C\C/C=C\C/C=C\C/C=C\CC)OC(=O)CCCCCCCCC/C=C\CCCCCCCC. The molecule has 0 aliphatic heterocycles. The maximum absolute atomic E-state index is 12.8. The topological polar surface area (TPSA) is 61.8 Å². The van der Waals surface area contributed by atoms with Crippen molar-refractivity contribution in [3.8, 4) is 0 Å². The maximum Gasteiger partial charge on any atom is 0.306 e. The monoisotopic (exact) mass is 915 g/mol. The fourth-order valence-electron chi connectivity index (χ4n) is 7.25. The summed E-state index contributed by atoms with van der Waals surface area (Å²) in [5.41, 5.74) is 0. The zero-order valence-corrected chi connectivity index (χ0v) is 43.2.